The van der Waals surface area contributed by atoms with E-state index in [2.05, 4.69) is 12.2 Å². The first kappa shape index (κ1) is 31.6. The van der Waals surface area contributed by atoms with Crippen LogP contribution >= 0.6 is 0 Å². The highest BCUT2D eigenvalue weighted by molar-refractivity contribution is 6.07. The molecule has 1 aliphatic heterocycles. The number of rotatable bonds is 15. The molecule has 3 unspecified atom stereocenters. The number of hydrogen-bond donors (Lipinski definition) is 1. The Hall–Kier alpha value is -4.39. The van der Waals surface area contributed by atoms with Crippen LogP contribution in [0.4, 0.5) is 0 Å². The van der Waals surface area contributed by atoms with E-state index in [1.54, 1.807) is 24.3 Å². The fourth-order valence-corrected chi connectivity index (χ4v) is 7.04. The SMILES string of the molecule is O=C(OCCCCCCCCCCCOC(=O)C1CC2C=CC1C2)c1ccccc1-c1c2ccc(=O)cc-2oc2cc(O)ccc12. The van der Waals surface area contributed by atoms with Crippen LogP contribution < -0.4 is 5.43 Å². The van der Waals surface area contributed by atoms with Crippen molar-refractivity contribution in [2.24, 2.45) is 17.8 Å². The number of benzene rings is 3. The van der Waals surface area contributed by atoms with Crippen LogP contribution in [-0.2, 0) is 14.3 Å². The van der Waals surface area contributed by atoms with Gasteiger partial charge in [0.1, 0.15) is 17.1 Å². The lowest BCUT2D eigenvalue weighted by atomic mass is 9.91. The number of carbonyl (C=O) groups excluding carboxylic acids is 2. The molecule has 4 aliphatic rings. The average Bonchev–Trinajstić information content (AvgIpc) is 3.70. The molecule has 1 N–H and O–H groups in total. The predicted octanol–water partition coefficient (Wildman–Crippen LogP) is 8.69. The van der Waals surface area contributed by atoms with Crippen LogP contribution in [0, 0.1) is 17.8 Å². The van der Waals surface area contributed by atoms with E-state index in [0.29, 0.717) is 53.1 Å². The van der Waals surface area contributed by atoms with Crippen molar-refractivity contribution >= 4 is 22.9 Å². The standard InChI is InChI=1S/C39H42O7/c40-28-16-18-32-35(24-28)46-36-25-29(41)17-19-33(36)37(32)30-12-8-9-13-31(30)38(42)44-20-10-6-4-2-1-3-5-7-11-21-45-39(43)34-23-26-14-15-27(34)22-26/h8-9,12-19,24-27,34,40H,1-7,10-11,20-23H2. The number of hydrogen-bond acceptors (Lipinski definition) is 7. The van der Waals surface area contributed by atoms with Crippen molar-refractivity contribution in [1.82, 2.24) is 0 Å². The molecular weight excluding hydrogens is 580 g/mol. The van der Waals surface area contributed by atoms with Gasteiger partial charge in [-0.15, -0.1) is 0 Å². The van der Waals surface area contributed by atoms with Crippen LogP contribution in [0.1, 0.15) is 81.0 Å². The van der Waals surface area contributed by atoms with Crippen molar-refractivity contribution in [2.75, 3.05) is 13.2 Å². The Morgan fingerprint density at radius 3 is 2.20 bits per heavy atom. The second-order valence-corrected chi connectivity index (χ2v) is 12.7. The number of phenols is 1. The molecule has 1 saturated carbocycles. The molecule has 0 spiro atoms. The third-order valence-corrected chi connectivity index (χ3v) is 9.44. The van der Waals surface area contributed by atoms with Gasteiger partial charge in [0.05, 0.1) is 24.7 Å². The van der Waals surface area contributed by atoms with Crippen molar-refractivity contribution in [3.8, 4) is 28.2 Å². The molecule has 1 heterocycles. The molecule has 3 aliphatic carbocycles. The maximum Gasteiger partial charge on any atom is 0.338 e. The molecular formula is C39H42O7. The molecule has 7 nitrogen and oxygen atoms in total. The first-order chi connectivity index (χ1) is 22.5. The van der Waals surface area contributed by atoms with E-state index in [1.165, 1.54) is 31.0 Å². The molecule has 0 aromatic heterocycles. The Morgan fingerprint density at radius 1 is 0.761 bits per heavy atom. The number of carbonyl (C=O) groups is 2. The van der Waals surface area contributed by atoms with Crippen molar-refractivity contribution in [1.29, 1.82) is 0 Å². The lowest BCUT2D eigenvalue weighted by Crippen LogP contribution is -2.21. The fourth-order valence-electron chi connectivity index (χ4n) is 7.04. The fraction of sp³-hybridized carbons (Fsp3) is 0.410. The van der Waals surface area contributed by atoms with E-state index < -0.39 is 5.97 Å². The van der Waals surface area contributed by atoms with Crippen LogP contribution in [0.3, 0.4) is 0 Å². The smallest absolute Gasteiger partial charge is 0.338 e. The van der Waals surface area contributed by atoms with Gasteiger partial charge in [-0.05, 0) is 73.4 Å². The van der Waals surface area contributed by atoms with Gasteiger partial charge < -0.3 is 19.0 Å². The minimum Gasteiger partial charge on any atom is -0.508 e. The summed E-state index contributed by atoms with van der Waals surface area (Å²) in [7, 11) is 0. The Kier molecular flexibility index (Phi) is 10.2. The van der Waals surface area contributed by atoms with Gasteiger partial charge >= 0.3 is 11.9 Å². The van der Waals surface area contributed by atoms with Gasteiger partial charge in [-0.3, -0.25) is 9.59 Å². The second-order valence-electron chi connectivity index (χ2n) is 12.7. The number of esters is 2. The third kappa shape index (κ3) is 7.35. The molecule has 2 aromatic carbocycles. The van der Waals surface area contributed by atoms with Gasteiger partial charge in [0.25, 0.3) is 0 Å². The molecule has 240 valence electrons. The largest absolute Gasteiger partial charge is 0.508 e. The van der Waals surface area contributed by atoms with Crippen LogP contribution in [0.25, 0.3) is 33.4 Å². The summed E-state index contributed by atoms with van der Waals surface area (Å²) in [5.41, 5.74) is 2.80. The lowest BCUT2D eigenvalue weighted by Gasteiger charge is -2.17. The quantitative estimate of drug-likeness (QED) is 0.0612. The predicted molar refractivity (Wildman–Crippen MR) is 178 cm³/mol. The first-order valence-corrected chi connectivity index (χ1v) is 16.8. The third-order valence-electron chi connectivity index (χ3n) is 9.44. The van der Waals surface area contributed by atoms with E-state index in [9.17, 15) is 19.5 Å². The van der Waals surface area contributed by atoms with Crippen LogP contribution in [0.5, 0.6) is 5.75 Å². The van der Waals surface area contributed by atoms with E-state index in [-0.39, 0.29) is 23.1 Å². The zero-order valence-corrected chi connectivity index (χ0v) is 26.2. The second kappa shape index (κ2) is 14.8. The maximum atomic E-state index is 13.3. The average molecular weight is 623 g/mol. The monoisotopic (exact) mass is 622 g/mol. The minimum absolute atomic E-state index is 0.00301. The van der Waals surface area contributed by atoms with E-state index in [0.717, 1.165) is 68.7 Å². The zero-order valence-electron chi connectivity index (χ0n) is 26.2. The molecule has 7 heteroatoms. The molecule has 0 radical (unpaired) electrons. The number of phenolic OH excluding ortho intramolecular Hbond substituents is 1. The first-order valence-electron chi connectivity index (χ1n) is 16.8. The molecule has 2 bridgehead atoms. The Balaban J connectivity index is 0.911. The van der Waals surface area contributed by atoms with Crippen molar-refractivity contribution in [2.45, 2.75) is 70.6 Å². The van der Waals surface area contributed by atoms with E-state index in [1.807, 2.05) is 18.2 Å². The number of aromatic hydroxyl groups is 1. The minimum atomic E-state index is -0.394. The maximum absolute atomic E-state index is 13.3. The number of fused-ring (bicyclic) bond motifs is 4. The molecule has 1 fully saturated rings. The van der Waals surface area contributed by atoms with Gasteiger partial charge in [0, 0.05) is 28.6 Å². The number of allylic oxidation sites excluding steroid dienone is 2. The molecule has 6 rings (SSSR count). The van der Waals surface area contributed by atoms with Crippen molar-refractivity contribution in [3.63, 3.8) is 0 Å². The Morgan fingerprint density at radius 2 is 1.48 bits per heavy atom. The summed E-state index contributed by atoms with van der Waals surface area (Å²) in [6.07, 6.45) is 16.2. The summed E-state index contributed by atoms with van der Waals surface area (Å²) in [5, 5.41) is 10.8. The van der Waals surface area contributed by atoms with Crippen LogP contribution in [0.15, 0.2) is 82.0 Å². The Labute approximate surface area is 269 Å². The number of ether oxygens (including phenoxy) is 2. The molecule has 3 atom stereocenters. The molecule has 0 amide bonds. The number of unbranched alkanes of at least 4 members (excludes halogenated alkanes) is 8. The molecule has 46 heavy (non-hydrogen) atoms. The highest BCUT2D eigenvalue weighted by atomic mass is 16.5. The summed E-state index contributed by atoms with van der Waals surface area (Å²) in [6, 6.07) is 16.7. The topological polar surface area (TPSA) is 103 Å². The normalized spacial score (nSPS) is 18.4. The van der Waals surface area contributed by atoms with Gasteiger partial charge in [-0.1, -0.05) is 75.3 Å². The summed E-state index contributed by atoms with van der Waals surface area (Å²) < 4.78 is 17.2. The van der Waals surface area contributed by atoms with Gasteiger partial charge in [-0.2, -0.15) is 0 Å². The highest BCUT2D eigenvalue weighted by Crippen LogP contribution is 2.44. The zero-order chi connectivity index (χ0) is 31.9. The van der Waals surface area contributed by atoms with E-state index >= 15 is 0 Å². The summed E-state index contributed by atoms with van der Waals surface area (Å²) >= 11 is 0. The van der Waals surface area contributed by atoms with Gasteiger partial charge in [0.15, 0.2) is 5.43 Å². The van der Waals surface area contributed by atoms with E-state index in [4.69, 9.17) is 13.9 Å². The Bertz CT molecular complexity index is 1730. The summed E-state index contributed by atoms with van der Waals surface area (Å²) in [6.45, 7) is 0.893. The van der Waals surface area contributed by atoms with Crippen LogP contribution in [0.2, 0.25) is 0 Å². The molecule has 0 saturated heterocycles. The van der Waals surface area contributed by atoms with Crippen LogP contribution in [-0.4, -0.2) is 30.3 Å². The molecule has 2 aromatic rings. The van der Waals surface area contributed by atoms with Gasteiger partial charge in [0.2, 0.25) is 0 Å². The summed E-state index contributed by atoms with van der Waals surface area (Å²) in [4.78, 5) is 37.6. The summed E-state index contributed by atoms with van der Waals surface area (Å²) in [5.74, 6) is 1.13. The lowest BCUT2D eigenvalue weighted by molar-refractivity contribution is -0.149. The van der Waals surface area contributed by atoms with Crippen molar-refractivity contribution < 1.29 is 28.6 Å². The van der Waals surface area contributed by atoms with Gasteiger partial charge in [-0.25, -0.2) is 4.79 Å². The van der Waals surface area contributed by atoms with Crippen molar-refractivity contribution in [3.05, 3.63) is 88.6 Å². The highest BCUT2D eigenvalue weighted by Gasteiger charge is 2.40.